The van der Waals surface area contributed by atoms with Crippen molar-refractivity contribution in [2.24, 2.45) is 0 Å². The number of carbonyl (C=O) groups is 2. The van der Waals surface area contributed by atoms with Crippen LogP contribution < -0.4 is 11.1 Å². The molecule has 0 spiro atoms. The average molecular weight is 266 g/mol. The number of methoxy groups -OCH3 is 1. The number of aliphatic carboxylic acids is 1. The van der Waals surface area contributed by atoms with Gasteiger partial charge < -0.3 is 20.9 Å². The van der Waals surface area contributed by atoms with Gasteiger partial charge in [0.15, 0.2) is 0 Å². The number of amides is 1. The Hall–Kier alpha value is -2.08. The zero-order chi connectivity index (χ0) is 14.3. The van der Waals surface area contributed by atoms with Crippen LogP contribution >= 0.6 is 0 Å². The van der Waals surface area contributed by atoms with Crippen LogP contribution in [0.1, 0.15) is 23.2 Å². The highest BCUT2D eigenvalue weighted by Gasteiger charge is 2.20. The number of benzene rings is 1. The topological polar surface area (TPSA) is 102 Å². The molecule has 1 atom stereocenters. The third-order valence-corrected chi connectivity index (χ3v) is 2.62. The number of anilines is 1. The van der Waals surface area contributed by atoms with Gasteiger partial charge in [0.2, 0.25) is 0 Å². The molecule has 19 heavy (non-hydrogen) atoms. The van der Waals surface area contributed by atoms with Crippen LogP contribution in [0.5, 0.6) is 0 Å². The lowest BCUT2D eigenvalue weighted by molar-refractivity contribution is -0.139. The van der Waals surface area contributed by atoms with Crippen molar-refractivity contribution in [3.63, 3.8) is 0 Å². The Morgan fingerprint density at radius 1 is 1.37 bits per heavy atom. The third kappa shape index (κ3) is 4.97. The quantitative estimate of drug-likeness (QED) is 0.502. The first kappa shape index (κ1) is 15.0. The van der Waals surface area contributed by atoms with Gasteiger partial charge in [0.05, 0.1) is 0 Å². The highest BCUT2D eigenvalue weighted by molar-refractivity contribution is 5.96. The Morgan fingerprint density at radius 2 is 2.00 bits per heavy atom. The molecule has 1 amide bonds. The van der Waals surface area contributed by atoms with Crippen molar-refractivity contribution in [1.82, 2.24) is 5.32 Å². The van der Waals surface area contributed by atoms with Crippen molar-refractivity contribution in [2.45, 2.75) is 18.9 Å². The maximum Gasteiger partial charge on any atom is 0.326 e. The first-order chi connectivity index (χ1) is 9.04. The number of hydrogen-bond donors (Lipinski definition) is 3. The van der Waals surface area contributed by atoms with Crippen molar-refractivity contribution in [3.8, 4) is 0 Å². The monoisotopic (exact) mass is 266 g/mol. The summed E-state index contributed by atoms with van der Waals surface area (Å²) < 4.78 is 4.86. The van der Waals surface area contributed by atoms with E-state index in [0.717, 1.165) is 0 Å². The van der Waals surface area contributed by atoms with Gasteiger partial charge in [-0.15, -0.1) is 0 Å². The molecule has 1 rings (SSSR count). The molecule has 104 valence electrons. The molecule has 6 nitrogen and oxygen atoms in total. The van der Waals surface area contributed by atoms with E-state index in [2.05, 4.69) is 5.32 Å². The molecule has 0 aromatic heterocycles. The van der Waals surface area contributed by atoms with Crippen LogP contribution in [0.2, 0.25) is 0 Å². The number of nitrogens with two attached hydrogens (primary N) is 1. The first-order valence-electron chi connectivity index (χ1n) is 5.92. The van der Waals surface area contributed by atoms with Gasteiger partial charge in [0.1, 0.15) is 6.04 Å². The summed E-state index contributed by atoms with van der Waals surface area (Å²) in [6.45, 7) is 0.460. The molecular formula is C13H18N2O4. The highest BCUT2D eigenvalue weighted by atomic mass is 16.5. The second kappa shape index (κ2) is 7.38. The second-order valence-corrected chi connectivity index (χ2v) is 4.12. The van der Waals surface area contributed by atoms with E-state index in [1.54, 1.807) is 31.4 Å². The Balaban J connectivity index is 2.60. The van der Waals surface area contributed by atoms with E-state index in [4.69, 9.17) is 15.6 Å². The van der Waals surface area contributed by atoms with E-state index < -0.39 is 17.9 Å². The van der Waals surface area contributed by atoms with Crippen molar-refractivity contribution in [1.29, 1.82) is 0 Å². The molecule has 0 saturated heterocycles. The molecule has 6 heteroatoms. The molecule has 1 aromatic rings. The standard InChI is InChI=1S/C13H18N2O4/c1-19-8-2-3-11(13(17)18)15-12(16)9-4-6-10(14)7-5-9/h4-7,11H,2-3,8,14H2,1H3,(H,15,16)(H,17,18). The van der Waals surface area contributed by atoms with E-state index in [1.165, 1.54) is 0 Å². The van der Waals surface area contributed by atoms with Gasteiger partial charge in [-0.1, -0.05) is 0 Å². The summed E-state index contributed by atoms with van der Waals surface area (Å²) in [5.74, 6) is -1.48. The Bertz CT molecular complexity index is 431. The number of nitrogens with one attached hydrogen (secondary N) is 1. The molecule has 0 radical (unpaired) electrons. The molecule has 1 unspecified atom stereocenters. The first-order valence-corrected chi connectivity index (χ1v) is 5.92. The SMILES string of the molecule is COCCCC(NC(=O)c1ccc(N)cc1)C(=O)O. The number of carbonyl (C=O) groups excluding carboxylic acids is 1. The minimum Gasteiger partial charge on any atom is -0.480 e. The maximum atomic E-state index is 11.9. The smallest absolute Gasteiger partial charge is 0.326 e. The molecular weight excluding hydrogens is 248 g/mol. The molecule has 4 N–H and O–H groups in total. The number of carboxylic acids is 1. The zero-order valence-corrected chi connectivity index (χ0v) is 10.8. The predicted molar refractivity (Wildman–Crippen MR) is 70.9 cm³/mol. The van der Waals surface area contributed by atoms with E-state index in [-0.39, 0.29) is 0 Å². The second-order valence-electron chi connectivity index (χ2n) is 4.12. The Labute approximate surface area is 111 Å². The van der Waals surface area contributed by atoms with E-state index in [1.807, 2.05) is 0 Å². The van der Waals surface area contributed by atoms with Gasteiger partial charge in [-0.3, -0.25) is 4.79 Å². The molecule has 0 heterocycles. The van der Waals surface area contributed by atoms with E-state index >= 15 is 0 Å². The van der Waals surface area contributed by atoms with Crippen molar-refractivity contribution < 1.29 is 19.4 Å². The summed E-state index contributed by atoms with van der Waals surface area (Å²) in [5, 5.41) is 11.5. The summed E-state index contributed by atoms with van der Waals surface area (Å²) in [6.07, 6.45) is 0.888. The van der Waals surface area contributed by atoms with Gasteiger partial charge in [0, 0.05) is 25.0 Å². The molecule has 0 aliphatic rings. The largest absolute Gasteiger partial charge is 0.480 e. The number of rotatable bonds is 7. The van der Waals surface area contributed by atoms with Crippen LogP contribution in [0.3, 0.4) is 0 Å². The van der Waals surface area contributed by atoms with E-state index in [0.29, 0.717) is 30.7 Å². The lowest BCUT2D eigenvalue weighted by Gasteiger charge is -2.14. The lowest BCUT2D eigenvalue weighted by Crippen LogP contribution is -2.40. The van der Waals surface area contributed by atoms with Crippen LogP contribution in [0.15, 0.2) is 24.3 Å². The fourth-order valence-electron chi connectivity index (χ4n) is 1.57. The molecule has 0 fully saturated rings. The lowest BCUT2D eigenvalue weighted by atomic mass is 10.1. The number of carboxylic acid groups (broad SMARTS) is 1. The Kier molecular flexibility index (Phi) is 5.81. The highest BCUT2D eigenvalue weighted by Crippen LogP contribution is 2.06. The summed E-state index contributed by atoms with van der Waals surface area (Å²) in [5.41, 5.74) is 6.45. The van der Waals surface area contributed by atoms with Gasteiger partial charge >= 0.3 is 5.97 Å². The van der Waals surface area contributed by atoms with Gasteiger partial charge in [-0.25, -0.2) is 4.79 Å². The normalized spacial score (nSPS) is 11.8. The van der Waals surface area contributed by atoms with Crippen molar-refractivity contribution >= 4 is 17.6 Å². The predicted octanol–water partition coefficient (Wildman–Crippen LogP) is 0.878. The van der Waals surface area contributed by atoms with Crippen LogP contribution in [0, 0.1) is 0 Å². The third-order valence-electron chi connectivity index (χ3n) is 2.62. The summed E-state index contributed by atoms with van der Waals surface area (Å²) >= 11 is 0. The van der Waals surface area contributed by atoms with Crippen LogP contribution in [0.4, 0.5) is 5.69 Å². The summed E-state index contributed by atoms with van der Waals surface area (Å²) in [7, 11) is 1.54. The van der Waals surface area contributed by atoms with Gasteiger partial charge in [-0.2, -0.15) is 0 Å². The summed E-state index contributed by atoms with van der Waals surface area (Å²) in [6, 6.07) is 5.38. The maximum absolute atomic E-state index is 11.9. The minimum atomic E-state index is -1.06. The molecule has 0 aliphatic carbocycles. The number of nitrogen functional groups attached to an aromatic ring is 1. The average Bonchev–Trinajstić information content (AvgIpc) is 2.38. The fraction of sp³-hybridized carbons (Fsp3) is 0.385. The van der Waals surface area contributed by atoms with Crippen LogP contribution in [0.25, 0.3) is 0 Å². The Morgan fingerprint density at radius 3 is 2.53 bits per heavy atom. The van der Waals surface area contributed by atoms with Crippen molar-refractivity contribution in [3.05, 3.63) is 29.8 Å². The van der Waals surface area contributed by atoms with Crippen molar-refractivity contribution in [2.75, 3.05) is 19.5 Å². The summed E-state index contributed by atoms with van der Waals surface area (Å²) in [4.78, 5) is 22.9. The molecule has 0 saturated carbocycles. The molecule has 0 bridgehead atoms. The zero-order valence-electron chi connectivity index (χ0n) is 10.8. The molecule has 1 aromatic carbocycles. The fourth-order valence-corrected chi connectivity index (χ4v) is 1.57. The van der Waals surface area contributed by atoms with E-state index in [9.17, 15) is 9.59 Å². The van der Waals surface area contributed by atoms with Crippen LogP contribution in [-0.2, 0) is 9.53 Å². The number of hydrogen-bond acceptors (Lipinski definition) is 4. The van der Waals surface area contributed by atoms with Crippen LogP contribution in [-0.4, -0.2) is 36.7 Å². The molecule has 0 aliphatic heterocycles. The van der Waals surface area contributed by atoms with Gasteiger partial charge in [-0.05, 0) is 37.1 Å². The number of ether oxygens (including phenoxy) is 1. The minimum absolute atomic E-state index is 0.323. The van der Waals surface area contributed by atoms with Gasteiger partial charge in [0.25, 0.3) is 5.91 Å².